The molecular formula is C22H27N3O3S. The smallest absolute Gasteiger partial charge is 0.262 e. The second-order valence-corrected chi connectivity index (χ2v) is 8.66. The van der Waals surface area contributed by atoms with Crippen molar-refractivity contribution in [1.29, 1.82) is 0 Å². The number of likely N-dealkylation sites (tertiary alicyclic amines) is 1. The highest BCUT2D eigenvalue weighted by Gasteiger charge is 2.20. The van der Waals surface area contributed by atoms with Crippen molar-refractivity contribution in [3.05, 3.63) is 50.9 Å². The van der Waals surface area contributed by atoms with Crippen LogP contribution in [0.25, 0.3) is 10.2 Å². The van der Waals surface area contributed by atoms with Crippen LogP contribution < -0.4 is 15.0 Å². The standard InChI is InChI=1S/C22H27N3O3S/c1-15-16(2)29-21-20(15)22(26)25(19(23-21)14-24-10-4-5-11-24)12-13-28-18-8-6-17(27-3)7-9-18/h6-9H,4-5,10-14H2,1-3H3. The lowest BCUT2D eigenvalue weighted by molar-refractivity contribution is 0.279. The van der Waals surface area contributed by atoms with E-state index in [2.05, 4.69) is 11.8 Å². The molecule has 1 aromatic carbocycles. The van der Waals surface area contributed by atoms with Gasteiger partial charge >= 0.3 is 0 Å². The Kier molecular flexibility index (Phi) is 5.87. The number of benzene rings is 1. The van der Waals surface area contributed by atoms with Gasteiger partial charge in [-0.3, -0.25) is 14.3 Å². The second kappa shape index (κ2) is 8.55. The second-order valence-electron chi connectivity index (χ2n) is 7.46. The minimum atomic E-state index is 0.0457. The van der Waals surface area contributed by atoms with Gasteiger partial charge in [0.1, 0.15) is 28.8 Å². The highest BCUT2D eigenvalue weighted by molar-refractivity contribution is 7.18. The Hall–Kier alpha value is -2.38. The lowest BCUT2D eigenvalue weighted by Gasteiger charge is -2.18. The number of nitrogens with zero attached hydrogens (tertiary/aromatic N) is 3. The Bertz CT molecular complexity index is 1050. The van der Waals surface area contributed by atoms with E-state index in [9.17, 15) is 4.79 Å². The molecule has 1 aliphatic rings. The van der Waals surface area contributed by atoms with Crippen molar-refractivity contribution in [2.75, 3.05) is 26.8 Å². The maximum Gasteiger partial charge on any atom is 0.262 e. The molecule has 7 heteroatoms. The quantitative estimate of drug-likeness (QED) is 0.590. The maximum absolute atomic E-state index is 13.3. The summed E-state index contributed by atoms with van der Waals surface area (Å²) >= 11 is 1.61. The number of hydrogen-bond donors (Lipinski definition) is 0. The Morgan fingerprint density at radius 3 is 2.48 bits per heavy atom. The minimum Gasteiger partial charge on any atom is -0.497 e. The van der Waals surface area contributed by atoms with Crippen molar-refractivity contribution in [2.24, 2.45) is 0 Å². The van der Waals surface area contributed by atoms with Gasteiger partial charge in [0.05, 0.1) is 25.6 Å². The minimum absolute atomic E-state index is 0.0457. The molecule has 1 saturated heterocycles. The predicted molar refractivity (Wildman–Crippen MR) is 116 cm³/mol. The fourth-order valence-corrected chi connectivity index (χ4v) is 4.83. The first-order chi connectivity index (χ1) is 14.1. The highest BCUT2D eigenvalue weighted by Crippen LogP contribution is 2.27. The molecule has 0 radical (unpaired) electrons. The molecule has 3 heterocycles. The van der Waals surface area contributed by atoms with E-state index in [1.54, 1.807) is 18.4 Å². The fraction of sp³-hybridized carbons (Fsp3) is 0.455. The van der Waals surface area contributed by atoms with Crippen LogP contribution in [0.5, 0.6) is 11.5 Å². The molecule has 2 aromatic heterocycles. The number of aryl methyl sites for hydroxylation is 2. The molecule has 0 amide bonds. The first kappa shape index (κ1) is 19.9. The lowest BCUT2D eigenvalue weighted by atomic mass is 10.2. The Morgan fingerprint density at radius 2 is 1.79 bits per heavy atom. The SMILES string of the molecule is COc1ccc(OCCn2c(CN3CCCC3)nc3sc(C)c(C)c3c2=O)cc1. The summed E-state index contributed by atoms with van der Waals surface area (Å²) in [5, 5.41) is 0.752. The van der Waals surface area contributed by atoms with Crippen LogP contribution in [0.2, 0.25) is 0 Å². The largest absolute Gasteiger partial charge is 0.497 e. The number of thiophene rings is 1. The molecule has 1 aliphatic heterocycles. The van der Waals surface area contributed by atoms with E-state index in [1.165, 1.54) is 12.8 Å². The van der Waals surface area contributed by atoms with Crippen molar-refractivity contribution in [3.63, 3.8) is 0 Å². The van der Waals surface area contributed by atoms with Crippen LogP contribution in [0.15, 0.2) is 29.1 Å². The summed E-state index contributed by atoms with van der Waals surface area (Å²) in [4.78, 5) is 22.6. The number of hydrogen-bond acceptors (Lipinski definition) is 6. The maximum atomic E-state index is 13.3. The highest BCUT2D eigenvalue weighted by atomic mass is 32.1. The molecule has 0 N–H and O–H groups in total. The van der Waals surface area contributed by atoms with E-state index in [0.717, 1.165) is 51.1 Å². The van der Waals surface area contributed by atoms with Gasteiger partial charge in [0, 0.05) is 4.88 Å². The van der Waals surface area contributed by atoms with Gasteiger partial charge in [-0.2, -0.15) is 0 Å². The van der Waals surface area contributed by atoms with Gasteiger partial charge in [-0.25, -0.2) is 4.98 Å². The molecule has 0 bridgehead atoms. The van der Waals surface area contributed by atoms with Crippen LogP contribution in [0.3, 0.4) is 0 Å². The van der Waals surface area contributed by atoms with Crippen molar-refractivity contribution >= 4 is 21.6 Å². The lowest BCUT2D eigenvalue weighted by Crippen LogP contribution is -2.31. The molecule has 29 heavy (non-hydrogen) atoms. The van der Waals surface area contributed by atoms with Crippen LogP contribution in [0.4, 0.5) is 0 Å². The van der Waals surface area contributed by atoms with Crippen molar-refractivity contribution < 1.29 is 9.47 Å². The summed E-state index contributed by atoms with van der Waals surface area (Å²) < 4.78 is 12.9. The average Bonchev–Trinajstić information content (AvgIpc) is 3.33. The van der Waals surface area contributed by atoms with Gasteiger partial charge in [0.2, 0.25) is 0 Å². The van der Waals surface area contributed by atoms with E-state index in [0.29, 0.717) is 19.7 Å². The third-order valence-corrected chi connectivity index (χ3v) is 6.68. The van der Waals surface area contributed by atoms with E-state index in [4.69, 9.17) is 14.5 Å². The zero-order valence-corrected chi connectivity index (χ0v) is 18.1. The van der Waals surface area contributed by atoms with Crippen molar-refractivity contribution in [2.45, 2.75) is 39.8 Å². The number of methoxy groups -OCH3 is 1. The molecule has 3 aromatic rings. The molecule has 1 fully saturated rings. The summed E-state index contributed by atoms with van der Waals surface area (Å²) in [6, 6.07) is 7.48. The molecule has 0 atom stereocenters. The number of rotatable bonds is 7. The molecule has 0 saturated carbocycles. The van der Waals surface area contributed by atoms with E-state index in [-0.39, 0.29) is 5.56 Å². The summed E-state index contributed by atoms with van der Waals surface area (Å²) in [6.07, 6.45) is 2.43. The first-order valence-corrected chi connectivity index (χ1v) is 10.9. The normalized spacial score (nSPS) is 14.6. The van der Waals surface area contributed by atoms with E-state index in [1.807, 2.05) is 35.8 Å². The van der Waals surface area contributed by atoms with Gasteiger partial charge < -0.3 is 9.47 Å². The predicted octanol–water partition coefficient (Wildman–Crippen LogP) is 3.76. The van der Waals surface area contributed by atoms with E-state index < -0.39 is 0 Å². The molecule has 0 unspecified atom stereocenters. The summed E-state index contributed by atoms with van der Waals surface area (Å²) in [5.74, 6) is 2.39. The zero-order valence-electron chi connectivity index (χ0n) is 17.2. The number of fused-ring (bicyclic) bond motifs is 1. The summed E-state index contributed by atoms with van der Waals surface area (Å²) in [6.45, 7) is 7.80. The van der Waals surface area contributed by atoms with Crippen molar-refractivity contribution in [1.82, 2.24) is 14.5 Å². The van der Waals surface area contributed by atoms with Gasteiger partial charge in [0.15, 0.2) is 0 Å². The monoisotopic (exact) mass is 413 g/mol. The Morgan fingerprint density at radius 1 is 1.10 bits per heavy atom. The molecule has 154 valence electrons. The summed E-state index contributed by atoms with van der Waals surface area (Å²) in [7, 11) is 1.64. The van der Waals surface area contributed by atoms with Crippen LogP contribution in [-0.4, -0.2) is 41.3 Å². The van der Waals surface area contributed by atoms with Gasteiger partial charge in [-0.15, -0.1) is 11.3 Å². The molecule has 4 rings (SSSR count). The third-order valence-electron chi connectivity index (χ3n) is 5.57. The van der Waals surface area contributed by atoms with Crippen LogP contribution in [-0.2, 0) is 13.1 Å². The molecule has 0 aliphatic carbocycles. The number of aromatic nitrogens is 2. The fourth-order valence-electron chi connectivity index (χ4n) is 3.79. The topological polar surface area (TPSA) is 56.6 Å². The average molecular weight is 414 g/mol. The van der Waals surface area contributed by atoms with Crippen molar-refractivity contribution in [3.8, 4) is 11.5 Å². The molecule has 0 spiro atoms. The van der Waals surface area contributed by atoms with Gasteiger partial charge in [-0.05, 0) is 69.6 Å². The molecular weight excluding hydrogens is 386 g/mol. The van der Waals surface area contributed by atoms with Crippen LogP contribution >= 0.6 is 11.3 Å². The van der Waals surface area contributed by atoms with Crippen LogP contribution in [0, 0.1) is 13.8 Å². The van der Waals surface area contributed by atoms with Gasteiger partial charge in [-0.1, -0.05) is 0 Å². The zero-order chi connectivity index (χ0) is 20.4. The third kappa shape index (κ3) is 4.16. The van der Waals surface area contributed by atoms with Crippen LogP contribution in [0.1, 0.15) is 29.1 Å². The molecule has 6 nitrogen and oxygen atoms in total. The van der Waals surface area contributed by atoms with E-state index >= 15 is 0 Å². The number of ether oxygens (including phenoxy) is 2. The Labute approximate surface area is 174 Å². The Balaban J connectivity index is 1.60. The van der Waals surface area contributed by atoms with Gasteiger partial charge in [0.25, 0.3) is 5.56 Å². The summed E-state index contributed by atoms with van der Waals surface area (Å²) in [5.41, 5.74) is 1.09. The first-order valence-electron chi connectivity index (χ1n) is 10.1.